The van der Waals surface area contributed by atoms with Gasteiger partial charge in [-0.2, -0.15) is 0 Å². The highest BCUT2D eigenvalue weighted by atomic mass is 79.9. The minimum atomic E-state index is -0.611. The van der Waals surface area contributed by atoms with Crippen molar-refractivity contribution in [1.82, 2.24) is 0 Å². The third kappa shape index (κ3) is 4.71. The van der Waals surface area contributed by atoms with E-state index in [-0.39, 0.29) is 35.7 Å². The van der Waals surface area contributed by atoms with Gasteiger partial charge in [-0.1, -0.05) is 12.1 Å². The van der Waals surface area contributed by atoms with Crippen LogP contribution in [0.3, 0.4) is 0 Å². The van der Waals surface area contributed by atoms with Gasteiger partial charge in [0.05, 0.1) is 22.7 Å². The van der Waals surface area contributed by atoms with Gasteiger partial charge in [0.2, 0.25) is 5.91 Å². The van der Waals surface area contributed by atoms with Crippen LogP contribution in [0.15, 0.2) is 54.3 Å². The van der Waals surface area contributed by atoms with Crippen LogP contribution in [0.2, 0.25) is 0 Å². The van der Waals surface area contributed by atoms with Crippen molar-refractivity contribution in [3.63, 3.8) is 0 Å². The maximum absolute atomic E-state index is 13.4. The van der Waals surface area contributed by atoms with E-state index in [4.69, 9.17) is 4.74 Å². The number of hydrogen-bond donors (Lipinski definition) is 0. The van der Waals surface area contributed by atoms with Crippen molar-refractivity contribution in [2.75, 3.05) is 16.3 Å². The number of hydrogen-bond acceptors (Lipinski definition) is 5. The Bertz CT molecular complexity index is 1570. The Morgan fingerprint density at radius 3 is 2.03 bits per heavy atom. The summed E-state index contributed by atoms with van der Waals surface area (Å²) in [6.07, 6.45) is 0.0627. The molecule has 2 heterocycles. The predicted molar refractivity (Wildman–Crippen MR) is 162 cm³/mol. The Labute approximate surface area is 258 Å². The third-order valence-corrected chi connectivity index (χ3v) is 11.8. The number of aryl methyl sites for hydroxylation is 2. The minimum Gasteiger partial charge on any atom is -0.426 e. The second-order valence-electron chi connectivity index (χ2n) is 9.45. The summed E-state index contributed by atoms with van der Waals surface area (Å²) in [6.45, 7) is 5.91. The molecule has 1 saturated heterocycles. The molecule has 3 amide bonds. The summed E-state index contributed by atoms with van der Waals surface area (Å²) in [5.41, 5.74) is 4.31. The average molecular weight is 784 g/mol. The summed E-state index contributed by atoms with van der Waals surface area (Å²) < 4.78 is 7.79. The van der Waals surface area contributed by atoms with E-state index in [2.05, 4.69) is 63.7 Å². The van der Waals surface area contributed by atoms with Crippen molar-refractivity contribution in [2.24, 2.45) is 5.92 Å². The van der Waals surface area contributed by atoms with Crippen LogP contribution in [0, 0.1) is 26.7 Å². The van der Waals surface area contributed by atoms with Gasteiger partial charge in [0.25, 0.3) is 11.8 Å². The van der Waals surface area contributed by atoms with Gasteiger partial charge >= 0.3 is 5.97 Å². The molecule has 0 bridgehead atoms. The van der Waals surface area contributed by atoms with E-state index in [1.807, 2.05) is 32.0 Å². The number of rotatable bonds is 4. The standard InChI is InChI=1S/C28H20Br4N2O5/c1-12-5-4-6-18(14(12)3)33-11-15(10-19(33)35)28(38)39-16-7-8-17(13(2)9-16)34-26(36)20-21(27(34)37)23(30)25(32)24(31)22(20)29/h4-9,15H,10-11H2,1-3H3/t15-/m1/s1. The van der Waals surface area contributed by atoms with Gasteiger partial charge in [-0.3, -0.25) is 19.2 Å². The zero-order valence-electron chi connectivity index (χ0n) is 20.9. The molecule has 0 N–H and O–H groups in total. The molecule has 5 rings (SSSR count). The Balaban J connectivity index is 1.35. The Morgan fingerprint density at radius 1 is 0.821 bits per heavy atom. The van der Waals surface area contributed by atoms with Crippen molar-refractivity contribution < 1.29 is 23.9 Å². The maximum atomic E-state index is 13.4. The van der Waals surface area contributed by atoms with Gasteiger partial charge in [-0.25, -0.2) is 4.90 Å². The summed E-state index contributed by atoms with van der Waals surface area (Å²) in [6, 6.07) is 10.5. The largest absolute Gasteiger partial charge is 0.426 e. The van der Waals surface area contributed by atoms with Crippen molar-refractivity contribution >= 4 is 98.8 Å². The summed E-state index contributed by atoms with van der Waals surface area (Å²) in [7, 11) is 0. The van der Waals surface area contributed by atoms with Gasteiger partial charge in [0.15, 0.2) is 0 Å². The second kappa shape index (κ2) is 10.6. The van der Waals surface area contributed by atoms with Crippen LogP contribution in [0.25, 0.3) is 0 Å². The smallest absolute Gasteiger partial charge is 0.316 e. The number of carbonyl (C=O) groups is 4. The minimum absolute atomic E-state index is 0.0627. The maximum Gasteiger partial charge on any atom is 0.316 e. The second-order valence-corrected chi connectivity index (χ2v) is 12.6. The lowest BCUT2D eigenvalue weighted by Gasteiger charge is -2.20. The quantitative estimate of drug-likeness (QED) is 0.0905. The van der Waals surface area contributed by atoms with E-state index < -0.39 is 23.7 Å². The predicted octanol–water partition coefficient (Wildman–Crippen LogP) is 7.42. The van der Waals surface area contributed by atoms with E-state index in [1.165, 1.54) is 0 Å². The van der Waals surface area contributed by atoms with E-state index in [0.717, 1.165) is 21.7 Å². The fraction of sp³-hybridized carbons (Fsp3) is 0.214. The fourth-order valence-electron chi connectivity index (χ4n) is 4.84. The lowest BCUT2D eigenvalue weighted by molar-refractivity contribution is -0.139. The van der Waals surface area contributed by atoms with E-state index in [1.54, 1.807) is 30.0 Å². The lowest BCUT2D eigenvalue weighted by atomic mass is 10.1. The first-order chi connectivity index (χ1) is 18.4. The summed E-state index contributed by atoms with van der Waals surface area (Å²) in [5.74, 6) is -1.92. The molecule has 0 radical (unpaired) electrons. The van der Waals surface area contributed by atoms with Gasteiger partial charge in [-0.15, -0.1) is 0 Å². The van der Waals surface area contributed by atoms with Gasteiger partial charge in [0.1, 0.15) is 5.75 Å². The first-order valence-electron chi connectivity index (χ1n) is 11.9. The summed E-state index contributed by atoms with van der Waals surface area (Å²) >= 11 is 13.7. The molecule has 1 fully saturated rings. The molecular weight excluding hydrogens is 764 g/mol. The van der Waals surface area contributed by atoms with Crippen LogP contribution in [0.4, 0.5) is 11.4 Å². The van der Waals surface area contributed by atoms with Crippen molar-refractivity contribution in [3.05, 3.63) is 82.1 Å². The monoisotopic (exact) mass is 780 g/mol. The normalized spacial score (nSPS) is 16.8. The van der Waals surface area contributed by atoms with Crippen LogP contribution < -0.4 is 14.5 Å². The summed E-state index contributed by atoms with van der Waals surface area (Å²) in [4.78, 5) is 55.2. The molecule has 0 spiro atoms. The Kier molecular flexibility index (Phi) is 7.64. The molecule has 2 aliphatic heterocycles. The number of esters is 1. The van der Waals surface area contributed by atoms with Crippen molar-refractivity contribution in [2.45, 2.75) is 27.2 Å². The van der Waals surface area contributed by atoms with Crippen molar-refractivity contribution in [3.8, 4) is 5.75 Å². The Hall–Kier alpha value is -2.34. The topological polar surface area (TPSA) is 84.0 Å². The van der Waals surface area contributed by atoms with Gasteiger partial charge in [-0.05, 0) is 125 Å². The van der Waals surface area contributed by atoms with Crippen LogP contribution in [-0.4, -0.2) is 30.2 Å². The molecule has 200 valence electrons. The van der Waals surface area contributed by atoms with Crippen LogP contribution in [0.1, 0.15) is 43.8 Å². The molecule has 11 heteroatoms. The highest BCUT2D eigenvalue weighted by Crippen LogP contribution is 2.46. The number of ether oxygens (including phenoxy) is 1. The molecule has 0 saturated carbocycles. The molecule has 3 aromatic carbocycles. The molecule has 39 heavy (non-hydrogen) atoms. The molecular formula is C28H20Br4N2O5. The number of benzene rings is 3. The first kappa shape index (κ1) is 28.2. The van der Waals surface area contributed by atoms with E-state index in [0.29, 0.717) is 29.1 Å². The van der Waals surface area contributed by atoms with Crippen molar-refractivity contribution in [1.29, 1.82) is 0 Å². The highest BCUT2D eigenvalue weighted by Gasteiger charge is 2.42. The van der Waals surface area contributed by atoms with E-state index >= 15 is 0 Å². The van der Waals surface area contributed by atoms with E-state index in [9.17, 15) is 19.2 Å². The number of imide groups is 1. The summed E-state index contributed by atoms with van der Waals surface area (Å²) in [5, 5.41) is 0. The first-order valence-corrected chi connectivity index (χ1v) is 15.0. The third-order valence-electron chi connectivity index (χ3n) is 7.05. The average Bonchev–Trinajstić information content (AvgIpc) is 3.40. The SMILES string of the molecule is Cc1cc(OC(=O)[C@@H]2CC(=O)N(c3cccc(C)c3C)C2)ccc1N1C(=O)c2c(Br)c(Br)c(Br)c(Br)c2C1=O. The number of amides is 3. The molecule has 2 aliphatic rings. The molecule has 0 aliphatic carbocycles. The zero-order valence-corrected chi connectivity index (χ0v) is 27.2. The molecule has 1 atom stereocenters. The number of carbonyl (C=O) groups excluding carboxylic acids is 4. The molecule has 7 nitrogen and oxygen atoms in total. The molecule has 0 aromatic heterocycles. The van der Waals surface area contributed by atoms with Gasteiger partial charge in [0, 0.05) is 36.5 Å². The molecule has 3 aromatic rings. The van der Waals surface area contributed by atoms with Crippen LogP contribution in [-0.2, 0) is 9.59 Å². The van der Waals surface area contributed by atoms with Gasteiger partial charge < -0.3 is 9.64 Å². The number of anilines is 2. The van der Waals surface area contributed by atoms with Crippen LogP contribution in [0.5, 0.6) is 5.75 Å². The van der Waals surface area contributed by atoms with Crippen LogP contribution >= 0.6 is 63.7 Å². The number of fused-ring (bicyclic) bond motifs is 1. The Morgan fingerprint density at radius 2 is 1.44 bits per heavy atom. The number of nitrogens with zero attached hydrogens (tertiary/aromatic N) is 2. The fourth-order valence-corrected chi connectivity index (χ4v) is 7.29. The number of halogens is 4. The zero-order chi connectivity index (χ0) is 28.3. The molecule has 0 unspecified atom stereocenters. The highest BCUT2D eigenvalue weighted by molar-refractivity contribution is 9.15. The lowest BCUT2D eigenvalue weighted by Crippen LogP contribution is -2.30.